The van der Waals surface area contributed by atoms with Gasteiger partial charge in [0.15, 0.2) is 6.61 Å². The highest BCUT2D eigenvalue weighted by atomic mass is 79.9. The van der Waals surface area contributed by atoms with Crippen LogP contribution in [0.4, 0.5) is 5.69 Å². The number of hydrogen-bond donors (Lipinski definition) is 1. The lowest BCUT2D eigenvalue weighted by Crippen LogP contribution is -2.14. The molecule has 0 radical (unpaired) electrons. The van der Waals surface area contributed by atoms with Crippen LogP contribution in [0, 0.1) is 0 Å². The second kappa shape index (κ2) is 6.67. The molecule has 1 aromatic heterocycles. The fraction of sp³-hybridized carbons (Fsp3) is 0.143. The number of esters is 1. The SMILES string of the molecule is CNc1ccccc1C(=O)OCC(=O)c1ccc(Br)s1. The Kier molecular flexibility index (Phi) is 4.92. The van der Waals surface area contributed by atoms with E-state index in [0.29, 0.717) is 16.1 Å². The minimum atomic E-state index is -0.515. The molecule has 1 aromatic carbocycles. The van der Waals surface area contributed by atoms with Gasteiger partial charge in [-0.05, 0) is 40.2 Å². The van der Waals surface area contributed by atoms with E-state index >= 15 is 0 Å². The summed E-state index contributed by atoms with van der Waals surface area (Å²) < 4.78 is 5.93. The Bertz CT molecular complexity index is 639. The van der Waals surface area contributed by atoms with Crippen molar-refractivity contribution in [1.82, 2.24) is 0 Å². The molecule has 1 heterocycles. The van der Waals surface area contributed by atoms with Gasteiger partial charge in [0.2, 0.25) is 5.78 Å². The van der Waals surface area contributed by atoms with Gasteiger partial charge in [-0.3, -0.25) is 4.79 Å². The predicted molar refractivity (Wildman–Crippen MR) is 82.6 cm³/mol. The van der Waals surface area contributed by atoms with Crippen molar-refractivity contribution >= 4 is 44.7 Å². The first-order valence-electron chi connectivity index (χ1n) is 5.84. The summed E-state index contributed by atoms with van der Waals surface area (Å²) in [4.78, 5) is 24.4. The molecule has 4 nitrogen and oxygen atoms in total. The molecule has 0 bridgehead atoms. The molecule has 0 spiro atoms. The maximum absolute atomic E-state index is 11.9. The second-order valence-corrected chi connectivity index (χ2v) is 6.36. The van der Waals surface area contributed by atoms with Crippen molar-refractivity contribution in [1.29, 1.82) is 0 Å². The average Bonchev–Trinajstić information content (AvgIpc) is 2.91. The summed E-state index contributed by atoms with van der Waals surface area (Å²) in [7, 11) is 1.72. The molecule has 20 heavy (non-hydrogen) atoms. The van der Waals surface area contributed by atoms with Crippen molar-refractivity contribution in [2.24, 2.45) is 0 Å². The molecule has 2 rings (SSSR count). The Morgan fingerprint density at radius 1 is 1.25 bits per heavy atom. The minimum Gasteiger partial charge on any atom is -0.454 e. The third-order valence-electron chi connectivity index (χ3n) is 2.60. The van der Waals surface area contributed by atoms with Gasteiger partial charge in [-0.1, -0.05) is 12.1 Å². The Labute approximate surface area is 128 Å². The van der Waals surface area contributed by atoms with Gasteiger partial charge in [-0.2, -0.15) is 0 Å². The van der Waals surface area contributed by atoms with Crippen molar-refractivity contribution in [2.75, 3.05) is 19.0 Å². The van der Waals surface area contributed by atoms with E-state index < -0.39 is 5.97 Å². The van der Waals surface area contributed by atoms with Gasteiger partial charge in [0, 0.05) is 12.7 Å². The number of carbonyl (C=O) groups excluding carboxylic acids is 2. The number of carbonyl (C=O) groups is 2. The molecule has 0 saturated heterocycles. The molecule has 0 aliphatic rings. The molecule has 104 valence electrons. The van der Waals surface area contributed by atoms with E-state index in [1.807, 2.05) is 6.07 Å². The summed E-state index contributed by atoms with van der Waals surface area (Å²) >= 11 is 4.60. The number of benzene rings is 1. The standard InChI is InChI=1S/C14H12BrNO3S/c1-16-10-5-3-2-4-9(10)14(18)19-8-11(17)12-6-7-13(15)20-12/h2-7,16H,8H2,1H3. The molecule has 0 aliphatic carbocycles. The van der Waals surface area contributed by atoms with E-state index in [1.54, 1.807) is 37.4 Å². The highest BCUT2D eigenvalue weighted by Crippen LogP contribution is 2.22. The monoisotopic (exact) mass is 353 g/mol. The number of halogens is 1. The molecule has 0 saturated carbocycles. The van der Waals surface area contributed by atoms with E-state index in [1.165, 1.54) is 11.3 Å². The lowest BCUT2D eigenvalue weighted by molar-refractivity contribution is 0.0477. The zero-order valence-electron chi connectivity index (χ0n) is 10.7. The molecule has 2 aromatic rings. The van der Waals surface area contributed by atoms with Crippen molar-refractivity contribution < 1.29 is 14.3 Å². The highest BCUT2D eigenvalue weighted by molar-refractivity contribution is 9.11. The molecule has 0 amide bonds. The fourth-order valence-corrected chi connectivity index (χ4v) is 2.93. The molecule has 0 unspecified atom stereocenters. The zero-order chi connectivity index (χ0) is 14.5. The smallest absolute Gasteiger partial charge is 0.340 e. The molecular weight excluding hydrogens is 342 g/mol. The van der Waals surface area contributed by atoms with Gasteiger partial charge in [0.1, 0.15) is 0 Å². The fourth-order valence-electron chi connectivity index (χ4n) is 1.62. The minimum absolute atomic E-state index is 0.212. The summed E-state index contributed by atoms with van der Waals surface area (Å²) in [6.45, 7) is -0.260. The van der Waals surface area contributed by atoms with Crippen LogP contribution in [0.2, 0.25) is 0 Å². The Balaban J connectivity index is 2.00. The summed E-state index contributed by atoms with van der Waals surface area (Å²) in [6.07, 6.45) is 0. The van der Waals surface area contributed by atoms with Gasteiger partial charge in [0.25, 0.3) is 0 Å². The maximum atomic E-state index is 11.9. The van der Waals surface area contributed by atoms with Crippen molar-refractivity contribution in [2.45, 2.75) is 0 Å². The number of ether oxygens (including phenoxy) is 1. The van der Waals surface area contributed by atoms with E-state index in [4.69, 9.17) is 4.74 Å². The highest BCUT2D eigenvalue weighted by Gasteiger charge is 2.15. The number of ketones is 1. The molecule has 1 N–H and O–H groups in total. The second-order valence-electron chi connectivity index (χ2n) is 3.90. The Morgan fingerprint density at radius 3 is 2.65 bits per heavy atom. The van der Waals surface area contributed by atoms with Gasteiger partial charge in [-0.25, -0.2) is 4.79 Å². The van der Waals surface area contributed by atoms with Crippen LogP contribution in [0.3, 0.4) is 0 Å². The summed E-state index contributed by atoms with van der Waals surface area (Å²) in [5.41, 5.74) is 1.08. The number of para-hydroxylation sites is 1. The average molecular weight is 354 g/mol. The number of thiophene rings is 1. The Hall–Kier alpha value is -1.66. The molecule has 0 atom stereocenters. The van der Waals surface area contributed by atoms with Crippen molar-refractivity contribution in [3.8, 4) is 0 Å². The number of Topliss-reactive ketones (excluding diaryl/α,β-unsaturated/α-hetero) is 1. The maximum Gasteiger partial charge on any atom is 0.340 e. The topological polar surface area (TPSA) is 55.4 Å². The zero-order valence-corrected chi connectivity index (χ0v) is 13.1. The predicted octanol–water partition coefficient (Wildman–Crippen LogP) is 3.59. The van der Waals surface area contributed by atoms with Crippen LogP contribution < -0.4 is 5.32 Å². The first kappa shape index (κ1) is 14.7. The van der Waals surface area contributed by atoms with Gasteiger partial charge in [-0.15, -0.1) is 11.3 Å². The summed E-state index contributed by atoms with van der Waals surface area (Å²) in [5.74, 6) is -0.727. The summed E-state index contributed by atoms with van der Waals surface area (Å²) in [5, 5.41) is 2.91. The van der Waals surface area contributed by atoms with E-state index in [-0.39, 0.29) is 12.4 Å². The van der Waals surface area contributed by atoms with Gasteiger partial charge >= 0.3 is 5.97 Å². The largest absolute Gasteiger partial charge is 0.454 e. The van der Waals surface area contributed by atoms with E-state index in [2.05, 4.69) is 21.2 Å². The van der Waals surface area contributed by atoms with E-state index in [9.17, 15) is 9.59 Å². The van der Waals surface area contributed by atoms with Crippen LogP contribution in [0.25, 0.3) is 0 Å². The van der Waals surface area contributed by atoms with Crippen LogP contribution in [-0.4, -0.2) is 25.4 Å². The number of hydrogen-bond acceptors (Lipinski definition) is 5. The summed E-state index contributed by atoms with van der Waals surface area (Å²) in [6, 6.07) is 10.5. The van der Waals surface area contributed by atoms with Crippen LogP contribution in [0.1, 0.15) is 20.0 Å². The van der Waals surface area contributed by atoms with Crippen LogP contribution >= 0.6 is 27.3 Å². The van der Waals surface area contributed by atoms with Gasteiger partial charge in [0.05, 0.1) is 14.2 Å². The van der Waals surface area contributed by atoms with Crippen molar-refractivity contribution in [3.63, 3.8) is 0 Å². The van der Waals surface area contributed by atoms with E-state index in [0.717, 1.165) is 3.79 Å². The van der Waals surface area contributed by atoms with Gasteiger partial charge < -0.3 is 10.1 Å². The molecule has 0 aliphatic heterocycles. The van der Waals surface area contributed by atoms with Crippen LogP contribution in [0.15, 0.2) is 40.2 Å². The third-order valence-corrected chi connectivity index (χ3v) is 4.26. The van der Waals surface area contributed by atoms with Crippen molar-refractivity contribution in [3.05, 3.63) is 50.6 Å². The third kappa shape index (κ3) is 3.46. The lowest BCUT2D eigenvalue weighted by atomic mass is 10.2. The number of nitrogens with one attached hydrogen (secondary N) is 1. The normalized spacial score (nSPS) is 10.1. The number of rotatable bonds is 5. The quantitative estimate of drug-likeness (QED) is 0.659. The van der Waals surface area contributed by atoms with Crippen LogP contribution in [-0.2, 0) is 4.74 Å². The number of anilines is 1. The first-order chi connectivity index (χ1) is 9.61. The molecule has 6 heteroatoms. The van der Waals surface area contributed by atoms with Crippen LogP contribution in [0.5, 0.6) is 0 Å². The first-order valence-corrected chi connectivity index (χ1v) is 7.45. The molecular formula is C14H12BrNO3S. The lowest BCUT2D eigenvalue weighted by Gasteiger charge is -2.08. The Morgan fingerprint density at radius 2 is 2.00 bits per heavy atom. The molecule has 0 fully saturated rings.